The van der Waals surface area contributed by atoms with Gasteiger partial charge in [0.1, 0.15) is 12.6 Å². The van der Waals surface area contributed by atoms with E-state index in [4.69, 9.17) is 4.74 Å². The lowest BCUT2D eigenvalue weighted by Gasteiger charge is -2.18. The van der Waals surface area contributed by atoms with Gasteiger partial charge in [0.05, 0.1) is 0 Å². The van der Waals surface area contributed by atoms with Gasteiger partial charge in [0.15, 0.2) is 0 Å². The highest BCUT2D eigenvalue weighted by Crippen LogP contribution is 2.46. The average Bonchev–Trinajstić information content (AvgIpc) is 2.98. The summed E-state index contributed by atoms with van der Waals surface area (Å²) in [6.07, 6.45) is 1.32. The summed E-state index contributed by atoms with van der Waals surface area (Å²) < 4.78 is 5.44. The number of nitrogens with one attached hydrogen (secondary N) is 1. The summed E-state index contributed by atoms with van der Waals surface area (Å²) in [7, 11) is 0. The Morgan fingerprint density at radius 2 is 1.89 bits per heavy atom. The second kappa shape index (κ2) is 8.25. The Labute approximate surface area is 159 Å². The highest BCUT2D eigenvalue weighted by Gasteiger charge is 2.31. The van der Waals surface area contributed by atoms with Crippen LogP contribution in [0.2, 0.25) is 0 Å². The summed E-state index contributed by atoms with van der Waals surface area (Å²) in [6.45, 7) is 4.22. The molecule has 27 heavy (non-hydrogen) atoms. The molecule has 0 bridgehead atoms. The van der Waals surface area contributed by atoms with Gasteiger partial charge in [-0.25, -0.2) is 9.59 Å². The molecule has 0 heterocycles. The Balaban J connectivity index is 1.73. The predicted molar refractivity (Wildman–Crippen MR) is 104 cm³/mol. The van der Waals surface area contributed by atoms with Crippen LogP contribution in [0.25, 0.3) is 11.1 Å². The van der Waals surface area contributed by atoms with Crippen molar-refractivity contribution in [1.82, 2.24) is 5.32 Å². The number of benzene rings is 2. The van der Waals surface area contributed by atoms with Crippen molar-refractivity contribution in [3.63, 3.8) is 0 Å². The summed E-state index contributed by atoms with van der Waals surface area (Å²) in [5, 5.41) is 11.7. The van der Waals surface area contributed by atoms with Crippen LogP contribution in [0.5, 0.6) is 0 Å². The molecule has 1 amide bonds. The van der Waals surface area contributed by atoms with Crippen molar-refractivity contribution < 1.29 is 19.4 Å². The van der Waals surface area contributed by atoms with E-state index in [0.717, 1.165) is 29.5 Å². The minimum absolute atomic E-state index is 0.0398. The molecule has 2 aromatic rings. The number of hydrogen-bond acceptors (Lipinski definition) is 3. The lowest BCUT2D eigenvalue weighted by atomic mass is 9.94. The van der Waals surface area contributed by atoms with Crippen molar-refractivity contribution >= 4 is 12.1 Å². The number of fused-ring (bicyclic) bond motifs is 3. The molecule has 0 radical (unpaired) electrons. The van der Waals surface area contributed by atoms with Gasteiger partial charge in [-0.15, -0.1) is 0 Å². The van der Waals surface area contributed by atoms with Gasteiger partial charge in [0, 0.05) is 5.92 Å². The molecule has 2 atom stereocenters. The van der Waals surface area contributed by atoms with Crippen LogP contribution in [-0.4, -0.2) is 29.8 Å². The van der Waals surface area contributed by atoms with Crippen LogP contribution in [0.15, 0.2) is 42.5 Å². The van der Waals surface area contributed by atoms with Crippen molar-refractivity contribution in [3.8, 4) is 11.1 Å². The van der Waals surface area contributed by atoms with Crippen LogP contribution in [0.1, 0.15) is 48.8 Å². The standard InChI is InChI=1S/C22H25NO4/c1-3-4-12-19(21(24)25)23-22(26)27-13-18-16-10-6-5-9-15(16)17-11-7-8-14(2)20(17)18/h5-11,18-19H,3-4,12-13H2,1-2H3,(H,23,26)(H,24,25)/t18?,19-/m0/s1. The maximum atomic E-state index is 12.2. The summed E-state index contributed by atoms with van der Waals surface area (Å²) >= 11 is 0. The van der Waals surface area contributed by atoms with Gasteiger partial charge < -0.3 is 15.2 Å². The van der Waals surface area contributed by atoms with Crippen LogP contribution in [0.4, 0.5) is 4.79 Å². The van der Waals surface area contributed by atoms with E-state index in [1.54, 1.807) is 0 Å². The number of aliphatic carboxylic acids is 1. The number of carbonyl (C=O) groups is 2. The number of hydrogen-bond donors (Lipinski definition) is 2. The predicted octanol–water partition coefficient (Wildman–Crippen LogP) is 4.48. The third kappa shape index (κ3) is 3.97. The summed E-state index contributed by atoms with van der Waals surface area (Å²) in [6, 6.07) is 13.4. The zero-order valence-electron chi connectivity index (χ0n) is 15.7. The van der Waals surface area contributed by atoms with E-state index in [0.29, 0.717) is 6.42 Å². The molecule has 2 N–H and O–H groups in total. The minimum atomic E-state index is -1.03. The van der Waals surface area contributed by atoms with Crippen LogP contribution < -0.4 is 5.32 Å². The quantitative estimate of drug-likeness (QED) is 0.757. The Morgan fingerprint density at radius 1 is 1.15 bits per heavy atom. The number of ether oxygens (including phenoxy) is 1. The molecule has 1 aliphatic rings. The highest BCUT2D eigenvalue weighted by molar-refractivity contribution is 5.81. The van der Waals surface area contributed by atoms with Crippen molar-refractivity contribution in [2.75, 3.05) is 6.61 Å². The number of carboxylic acids is 1. The van der Waals surface area contributed by atoms with Crippen molar-refractivity contribution in [1.29, 1.82) is 0 Å². The number of carboxylic acid groups (broad SMARTS) is 1. The fourth-order valence-corrected chi connectivity index (χ4v) is 3.76. The number of alkyl carbamates (subject to hydrolysis) is 1. The zero-order valence-corrected chi connectivity index (χ0v) is 15.7. The molecule has 0 aromatic heterocycles. The minimum Gasteiger partial charge on any atom is -0.480 e. The first kappa shape index (κ1) is 19.0. The Hall–Kier alpha value is -2.82. The van der Waals surface area contributed by atoms with E-state index in [9.17, 15) is 14.7 Å². The SMILES string of the molecule is CCCC[C@H](NC(=O)OCC1c2ccccc2-c2cccc(C)c21)C(=O)O. The van der Waals surface area contributed by atoms with E-state index >= 15 is 0 Å². The monoisotopic (exact) mass is 367 g/mol. The third-order valence-electron chi connectivity index (χ3n) is 5.12. The van der Waals surface area contributed by atoms with Crippen LogP contribution >= 0.6 is 0 Å². The molecule has 2 aromatic carbocycles. The van der Waals surface area contributed by atoms with Gasteiger partial charge in [0.2, 0.25) is 0 Å². The molecule has 3 rings (SSSR count). The van der Waals surface area contributed by atoms with Gasteiger partial charge in [-0.3, -0.25) is 0 Å². The van der Waals surface area contributed by atoms with Crippen molar-refractivity contribution in [3.05, 3.63) is 59.2 Å². The molecule has 0 aliphatic heterocycles. The second-order valence-corrected chi connectivity index (χ2v) is 6.95. The molecule has 0 saturated heterocycles. The van der Waals surface area contributed by atoms with E-state index in [2.05, 4.69) is 36.5 Å². The fourth-order valence-electron chi connectivity index (χ4n) is 3.76. The summed E-state index contributed by atoms with van der Waals surface area (Å²) in [5.41, 5.74) is 5.80. The Bertz CT molecular complexity index is 846. The summed E-state index contributed by atoms with van der Waals surface area (Å²) in [4.78, 5) is 23.5. The normalized spacial score (nSPS) is 15.6. The van der Waals surface area contributed by atoms with Gasteiger partial charge >= 0.3 is 12.1 Å². The topological polar surface area (TPSA) is 75.6 Å². The van der Waals surface area contributed by atoms with Crippen molar-refractivity contribution in [2.24, 2.45) is 0 Å². The number of amides is 1. The first-order chi connectivity index (χ1) is 13.0. The lowest BCUT2D eigenvalue weighted by molar-refractivity contribution is -0.139. The van der Waals surface area contributed by atoms with Gasteiger partial charge in [0.25, 0.3) is 0 Å². The summed E-state index contributed by atoms with van der Waals surface area (Å²) in [5.74, 6) is -1.07. The fraction of sp³-hybridized carbons (Fsp3) is 0.364. The first-order valence-corrected chi connectivity index (χ1v) is 9.37. The Morgan fingerprint density at radius 3 is 2.63 bits per heavy atom. The van der Waals surface area contributed by atoms with E-state index in [1.807, 2.05) is 25.1 Å². The molecule has 0 spiro atoms. The zero-order chi connectivity index (χ0) is 19.4. The van der Waals surface area contributed by atoms with Gasteiger partial charge in [-0.2, -0.15) is 0 Å². The van der Waals surface area contributed by atoms with E-state index < -0.39 is 18.1 Å². The van der Waals surface area contributed by atoms with E-state index in [1.165, 1.54) is 11.1 Å². The Kier molecular flexibility index (Phi) is 5.79. The lowest BCUT2D eigenvalue weighted by Crippen LogP contribution is -2.41. The second-order valence-electron chi connectivity index (χ2n) is 6.95. The van der Waals surface area contributed by atoms with Crippen LogP contribution in [-0.2, 0) is 9.53 Å². The largest absolute Gasteiger partial charge is 0.480 e. The highest BCUT2D eigenvalue weighted by atomic mass is 16.5. The number of rotatable bonds is 7. The van der Waals surface area contributed by atoms with Crippen molar-refractivity contribution in [2.45, 2.75) is 45.1 Å². The molecule has 5 nitrogen and oxygen atoms in total. The first-order valence-electron chi connectivity index (χ1n) is 9.37. The van der Waals surface area contributed by atoms with Gasteiger partial charge in [-0.05, 0) is 41.2 Å². The van der Waals surface area contributed by atoms with Crippen LogP contribution in [0.3, 0.4) is 0 Å². The molecule has 1 unspecified atom stereocenters. The molecular formula is C22H25NO4. The number of aryl methyl sites for hydroxylation is 1. The van der Waals surface area contributed by atoms with Crippen LogP contribution in [0, 0.1) is 6.92 Å². The molecule has 5 heteroatoms. The molecule has 142 valence electrons. The third-order valence-corrected chi connectivity index (χ3v) is 5.12. The number of carbonyl (C=O) groups excluding carboxylic acids is 1. The van der Waals surface area contributed by atoms with E-state index in [-0.39, 0.29) is 12.5 Å². The average molecular weight is 367 g/mol. The smallest absolute Gasteiger partial charge is 0.407 e. The maximum Gasteiger partial charge on any atom is 0.407 e. The molecular weight excluding hydrogens is 342 g/mol. The maximum absolute atomic E-state index is 12.2. The van der Waals surface area contributed by atoms with Gasteiger partial charge in [-0.1, -0.05) is 62.2 Å². The molecule has 1 aliphatic carbocycles. The molecule has 0 saturated carbocycles. The number of unbranched alkanes of at least 4 members (excludes halogenated alkanes) is 1. The molecule has 0 fully saturated rings.